The summed E-state index contributed by atoms with van der Waals surface area (Å²) in [7, 11) is 2.03. The standard InChI is InChI=1S/C14H21N3O2/c1-10(18)6-7-17(3)9-12-8-15-16-14(12)13-5-4-11(2)19-13/h4-5,8,10,18H,6-7,9H2,1-3H3,(H,15,16). The zero-order valence-electron chi connectivity index (χ0n) is 11.7. The molecule has 0 saturated carbocycles. The van der Waals surface area contributed by atoms with E-state index in [9.17, 15) is 5.11 Å². The molecule has 0 radical (unpaired) electrons. The van der Waals surface area contributed by atoms with Gasteiger partial charge in [-0.1, -0.05) is 0 Å². The molecule has 0 bridgehead atoms. The number of hydrogen-bond acceptors (Lipinski definition) is 4. The summed E-state index contributed by atoms with van der Waals surface area (Å²) < 4.78 is 5.62. The van der Waals surface area contributed by atoms with Gasteiger partial charge in [0.15, 0.2) is 5.76 Å². The van der Waals surface area contributed by atoms with E-state index < -0.39 is 0 Å². The molecule has 0 spiro atoms. The lowest BCUT2D eigenvalue weighted by atomic mass is 10.2. The topological polar surface area (TPSA) is 65.3 Å². The molecule has 2 rings (SSSR count). The molecule has 5 heteroatoms. The van der Waals surface area contributed by atoms with Gasteiger partial charge in [0.25, 0.3) is 0 Å². The summed E-state index contributed by atoms with van der Waals surface area (Å²) in [5.74, 6) is 1.70. The summed E-state index contributed by atoms with van der Waals surface area (Å²) in [5.41, 5.74) is 2.03. The molecule has 1 unspecified atom stereocenters. The predicted molar refractivity (Wildman–Crippen MR) is 73.7 cm³/mol. The van der Waals surface area contributed by atoms with Crippen LogP contribution < -0.4 is 0 Å². The maximum atomic E-state index is 9.30. The fraction of sp³-hybridized carbons (Fsp3) is 0.500. The third-order valence-electron chi connectivity index (χ3n) is 3.07. The molecule has 2 aromatic rings. The smallest absolute Gasteiger partial charge is 0.152 e. The zero-order chi connectivity index (χ0) is 13.8. The first-order chi connectivity index (χ1) is 9.06. The van der Waals surface area contributed by atoms with Crippen LogP contribution in [0.1, 0.15) is 24.7 Å². The summed E-state index contributed by atoms with van der Waals surface area (Å²) in [6, 6.07) is 3.89. The second kappa shape index (κ2) is 6.04. The summed E-state index contributed by atoms with van der Waals surface area (Å²) in [5, 5.41) is 16.4. The third kappa shape index (κ3) is 3.68. The zero-order valence-corrected chi connectivity index (χ0v) is 11.7. The number of rotatable bonds is 6. The van der Waals surface area contributed by atoms with Gasteiger partial charge in [-0.15, -0.1) is 0 Å². The van der Waals surface area contributed by atoms with E-state index in [-0.39, 0.29) is 6.10 Å². The Bertz CT molecular complexity index is 516. The van der Waals surface area contributed by atoms with Crippen molar-refractivity contribution in [3.8, 4) is 11.5 Å². The SMILES string of the molecule is Cc1ccc(-c2[nH]ncc2CN(C)CCC(C)O)o1. The fourth-order valence-electron chi connectivity index (χ4n) is 1.99. The number of hydrogen-bond donors (Lipinski definition) is 2. The van der Waals surface area contributed by atoms with Crippen LogP contribution in [-0.4, -0.2) is 39.9 Å². The van der Waals surface area contributed by atoms with Crippen LogP contribution in [0.2, 0.25) is 0 Å². The lowest BCUT2D eigenvalue weighted by molar-refractivity contribution is 0.163. The van der Waals surface area contributed by atoms with E-state index in [1.165, 1.54) is 0 Å². The molecule has 0 aromatic carbocycles. The van der Waals surface area contributed by atoms with Crippen molar-refractivity contribution in [2.24, 2.45) is 0 Å². The highest BCUT2D eigenvalue weighted by molar-refractivity contribution is 5.56. The van der Waals surface area contributed by atoms with Crippen molar-refractivity contribution in [2.45, 2.75) is 32.9 Å². The Hall–Kier alpha value is -1.59. The minimum absolute atomic E-state index is 0.265. The summed E-state index contributed by atoms with van der Waals surface area (Å²) in [4.78, 5) is 2.16. The Kier molecular flexibility index (Phi) is 4.39. The molecule has 0 aliphatic carbocycles. The molecule has 0 amide bonds. The van der Waals surface area contributed by atoms with Crippen LogP contribution in [0, 0.1) is 6.92 Å². The van der Waals surface area contributed by atoms with E-state index in [0.717, 1.165) is 42.3 Å². The first kappa shape index (κ1) is 13.8. The van der Waals surface area contributed by atoms with Gasteiger partial charge in [-0.25, -0.2) is 0 Å². The number of nitrogens with one attached hydrogen (secondary N) is 1. The van der Waals surface area contributed by atoms with Gasteiger partial charge in [-0.3, -0.25) is 5.10 Å². The molecule has 104 valence electrons. The molecule has 0 aliphatic heterocycles. The second-order valence-electron chi connectivity index (χ2n) is 5.06. The van der Waals surface area contributed by atoms with E-state index in [2.05, 4.69) is 15.1 Å². The largest absolute Gasteiger partial charge is 0.460 e. The van der Waals surface area contributed by atoms with Crippen molar-refractivity contribution >= 4 is 0 Å². The first-order valence-electron chi connectivity index (χ1n) is 6.52. The van der Waals surface area contributed by atoms with Gasteiger partial charge < -0.3 is 14.4 Å². The number of H-pyrrole nitrogens is 1. The van der Waals surface area contributed by atoms with Crippen LogP contribution in [-0.2, 0) is 6.54 Å². The molecule has 5 nitrogen and oxygen atoms in total. The molecule has 2 aromatic heterocycles. The van der Waals surface area contributed by atoms with Gasteiger partial charge in [0.1, 0.15) is 11.5 Å². The van der Waals surface area contributed by atoms with Crippen molar-refractivity contribution in [1.82, 2.24) is 15.1 Å². The fourth-order valence-corrected chi connectivity index (χ4v) is 1.99. The van der Waals surface area contributed by atoms with Crippen LogP contribution >= 0.6 is 0 Å². The Morgan fingerprint density at radius 2 is 2.26 bits per heavy atom. The molecule has 0 saturated heterocycles. The molecule has 0 aliphatic rings. The van der Waals surface area contributed by atoms with Crippen LogP contribution in [0.15, 0.2) is 22.7 Å². The highest BCUT2D eigenvalue weighted by Crippen LogP contribution is 2.24. The maximum absolute atomic E-state index is 9.30. The third-order valence-corrected chi connectivity index (χ3v) is 3.07. The number of aryl methyl sites for hydroxylation is 1. The van der Waals surface area contributed by atoms with Gasteiger partial charge in [-0.05, 0) is 39.4 Å². The quantitative estimate of drug-likeness (QED) is 0.838. The van der Waals surface area contributed by atoms with Crippen LogP contribution in [0.4, 0.5) is 0 Å². The van der Waals surface area contributed by atoms with E-state index >= 15 is 0 Å². The highest BCUT2D eigenvalue weighted by atomic mass is 16.3. The normalized spacial score (nSPS) is 13.1. The van der Waals surface area contributed by atoms with E-state index in [4.69, 9.17) is 4.42 Å². The predicted octanol–water partition coefficient (Wildman–Crippen LogP) is 2.18. The first-order valence-corrected chi connectivity index (χ1v) is 6.52. The number of furan rings is 1. The molecular formula is C14H21N3O2. The highest BCUT2D eigenvalue weighted by Gasteiger charge is 2.13. The van der Waals surface area contributed by atoms with Gasteiger partial charge in [0, 0.05) is 18.7 Å². The van der Waals surface area contributed by atoms with Crippen molar-refractivity contribution < 1.29 is 9.52 Å². The summed E-state index contributed by atoms with van der Waals surface area (Å²) >= 11 is 0. The average Bonchev–Trinajstić information content (AvgIpc) is 2.95. The molecule has 1 atom stereocenters. The number of aromatic nitrogens is 2. The lowest BCUT2D eigenvalue weighted by Crippen LogP contribution is -2.22. The molecule has 2 heterocycles. The average molecular weight is 263 g/mol. The lowest BCUT2D eigenvalue weighted by Gasteiger charge is -2.17. The van der Waals surface area contributed by atoms with Crippen LogP contribution in [0.25, 0.3) is 11.5 Å². The van der Waals surface area contributed by atoms with Crippen molar-refractivity contribution in [2.75, 3.05) is 13.6 Å². The monoisotopic (exact) mass is 263 g/mol. The molecule has 19 heavy (non-hydrogen) atoms. The minimum atomic E-state index is -0.265. The van der Waals surface area contributed by atoms with Crippen molar-refractivity contribution in [3.05, 3.63) is 29.7 Å². The van der Waals surface area contributed by atoms with Gasteiger partial charge in [0.05, 0.1) is 12.3 Å². The van der Waals surface area contributed by atoms with Gasteiger partial charge >= 0.3 is 0 Å². The second-order valence-corrected chi connectivity index (χ2v) is 5.06. The number of nitrogens with zero attached hydrogens (tertiary/aromatic N) is 2. The van der Waals surface area contributed by atoms with Crippen molar-refractivity contribution in [3.63, 3.8) is 0 Å². The van der Waals surface area contributed by atoms with Crippen molar-refractivity contribution in [1.29, 1.82) is 0 Å². The molecule has 2 N–H and O–H groups in total. The van der Waals surface area contributed by atoms with E-state index in [0.29, 0.717) is 0 Å². The summed E-state index contributed by atoms with van der Waals surface area (Å²) in [6.07, 6.45) is 2.33. The number of aliphatic hydroxyl groups is 1. The summed E-state index contributed by atoms with van der Waals surface area (Å²) in [6.45, 7) is 5.36. The Morgan fingerprint density at radius 3 is 2.89 bits per heavy atom. The van der Waals surface area contributed by atoms with Gasteiger partial charge in [0.2, 0.25) is 0 Å². The Labute approximate surface area is 113 Å². The van der Waals surface area contributed by atoms with E-state index in [1.54, 1.807) is 0 Å². The number of aliphatic hydroxyl groups excluding tert-OH is 1. The van der Waals surface area contributed by atoms with Crippen LogP contribution in [0.5, 0.6) is 0 Å². The molecular weight excluding hydrogens is 242 g/mol. The Balaban J connectivity index is 2.04. The minimum Gasteiger partial charge on any atom is -0.460 e. The van der Waals surface area contributed by atoms with Crippen LogP contribution in [0.3, 0.4) is 0 Å². The van der Waals surface area contributed by atoms with E-state index in [1.807, 2.05) is 39.2 Å². The molecule has 0 fully saturated rings. The maximum Gasteiger partial charge on any atom is 0.152 e. The number of aromatic amines is 1. The Morgan fingerprint density at radius 1 is 1.47 bits per heavy atom. The van der Waals surface area contributed by atoms with Gasteiger partial charge in [-0.2, -0.15) is 5.10 Å².